The van der Waals surface area contributed by atoms with E-state index in [0.717, 1.165) is 96.3 Å². The molecule has 6 nitrogen and oxygen atoms in total. The highest BCUT2D eigenvalue weighted by Crippen LogP contribution is 2.15. The van der Waals surface area contributed by atoms with Gasteiger partial charge in [0.25, 0.3) is 0 Å². The van der Waals surface area contributed by atoms with E-state index < -0.39 is 6.10 Å². The van der Waals surface area contributed by atoms with E-state index >= 15 is 0 Å². The number of esters is 3. The van der Waals surface area contributed by atoms with E-state index in [1.54, 1.807) is 0 Å². The van der Waals surface area contributed by atoms with Gasteiger partial charge in [0.1, 0.15) is 13.2 Å². The highest BCUT2D eigenvalue weighted by atomic mass is 16.6. The van der Waals surface area contributed by atoms with Crippen molar-refractivity contribution in [2.45, 2.75) is 277 Å². The van der Waals surface area contributed by atoms with Gasteiger partial charge >= 0.3 is 17.9 Å². The molecule has 0 spiro atoms. The van der Waals surface area contributed by atoms with E-state index in [4.69, 9.17) is 14.2 Å². The average Bonchev–Trinajstić information content (AvgIpc) is 3.29. The Hall–Kier alpha value is -2.89. The normalized spacial score (nSPS) is 12.5. The Kier molecular flexibility index (Phi) is 50.4. The van der Waals surface area contributed by atoms with Crippen LogP contribution >= 0.6 is 0 Å². The lowest BCUT2D eigenvalue weighted by Crippen LogP contribution is -2.30. The van der Waals surface area contributed by atoms with E-state index in [0.29, 0.717) is 19.3 Å². The first-order valence-electron chi connectivity index (χ1n) is 27.3. The second-order valence-electron chi connectivity index (χ2n) is 18.1. The molecular weight excluding hydrogens is 793 g/mol. The van der Waals surface area contributed by atoms with Gasteiger partial charge in [-0.25, -0.2) is 0 Å². The van der Waals surface area contributed by atoms with Gasteiger partial charge in [-0.05, 0) is 83.5 Å². The fraction of sp³-hybridized carbons (Fsp3) is 0.776. The fourth-order valence-corrected chi connectivity index (χ4v) is 7.66. The van der Waals surface area contributed by atoms with Crippen molar-refractivity contribution in [1.29, 1.82) is 0 Å². The summed E-state index contributed by atoms with van der Waals surface area (Å²) in [7, 11) is 0. The van der Waals surface area contributed by atoms with Crippen LogP contribution in [-0.4, -0.2) is 37.2 Å². The van der Waals surface area contributed by atoms with Crippen molar-refractivity contribution in [2.75, 3.05) is 13.2 Å². The molecule has 0 aromatic rings. The Balaban J connectivity index is 4.19. The molecule has 370 valence electrons. The molecule has 0 aromatic heterocycles. The largest absolute Gasteiger partial charge is 0.462 e. The molecule has 0 aliphatic heterocycles. The molecular formula is C58H102O6. The number of allylic oxidation sites excluding steroid dienone is 10. The maximum atomic E-state index is 12.8. The van der Waals surface area contributed by atoms with Crippen molar-refractivity contribution in [3.05, 3.63) is 60.8 Å². The standard InChI is InChI=1S/C58H102O6/c1-4-7-10-13-16-18-20-22-24-26-28-29-31-32-34-36-38-40-42-45-48-51-57(60)63-54-55(53-62-56(59)50-47-44-15-12-9-6-3)64-58(61)52-49-46-43-41-39-37-35-33-30-27-25-23-21-19-17-14-11-8-5-2/h8,11,17,19,23,25-26,28,30,33,55H,4-7,9-10,12-16,18,20-22,24,27,29,31-32,34-54H2,1-3H3/b11-8-,19-17-,25-23-,28-26-,33-30-. The highest BCUT2D eigenvalue weighted by molar-refractivity contribution is 5.71. The van der Waals surface area contributed by atoms with Crippen molar-refractivity contribution < 1.29 is 28.6 Å². The van der Waals surface area contributed by atoms with Crippen LogP contribution in [0.3, 0.4) is 0 Å². The molecule has 0 fully saturated rings. The van der Waals surface area contributed by atoms with Crippen LogP contribution in [0, 0.1) is 0 Å². The molecule has 0 saturated carbocycles. The lowest BCUT2D eigenvalue weighted by Gasteiger charge is -2.18. The Bertz CT molecular complexity index is 1170. The summed E-state index contributed by atoms with van der Waals surface area (Å²) in [4.78, 5) is 37.8. The minimum Gasteiger partial charge on any atom is -0.462 e. The molecule has 6 heteroatoms. The van der Waals surface area contributed by atoms with Crippen LogP contribution in [-0.2, 0) is 28.6 Å². The molecule has 64 heavy (non-hydrogen) atoms. The molecule has 0 radical (unpaired) electrons. The number of hydrogen-bond acceptors (Lipinski definition) is 6. The van der Waals surface area contributed by atoms with Crippen LogP contribution in [0.25, 0.3) is 0 Å². The van der Waals surface area contributed by atoms with E-state index in [2.05, 4.69) is 81.5 Å². The Morgan fingerprint density at radius 2 is 0.609 bits per heavy atom. The summed E-state index contributed by atoms with van der Waals surface area (Å²) in [6, 6.07) is 0. The first-order chi connectivity index (χ1) is 31.5. The van der Waals surface area contributed by atoms with Gasteiger partial charge in [0.2, 0.25) is 0 Å². The molecule has 0 heterocycles. The maximum Gasteiger partial charge on any atom is 0.306 e. The quantitative estimate of drug-likeness (QED) is 0.0262. The van der Waals surface area contributed by atoms with Gasteiger partial charge in [0, 0.05) is 19.3 Å². The molecule has 0 rings (SSSR count). The zero-order valence-electron chi connectivity index (χ0n) is 42.3. The number of ether oxygens (including phenoxy) is 3. The average molecular weight is 895 g/mol. The summed E-state index contributed by atoms with van der Waals surface area (Å²) >= 11 is 0. The number of carbonyl (C=O) groups excluding carboxylic acids is 3. The second kappa shape index (κ2) is 52.7. The summed E-state index contributed by atoms with van der Waals surface area (Å²) in [6.45, 7) is 6.47. The van der Waals surface area contributed by atoms with E-state index in [1.165, 1.54) is 135 Å². The Morgan fingerprint density at radius 3 is 0.969 bits per heavy atom. The predicted octanol–water partition coefficient (Wildman–Crippen LogP) is 18.0. The van der Waals surface area contributed by atoms with Gasteiger partial charge in [-0.3, -0.25) is 14.4 Å². The first-order valence-corrected chi connectivity index (χ1v) is 27.3. The monoisotopic (exact) mass is 895 g/mol. The molecule has 0 bridgehead atoms. The molecule has 1 unspecified atom stereocenters. The molecule has 0 aromatic carbocycles. The number of unbranched alkanes of at least 4 members (excludes halogenated alkanes) is 28. The van der Waals surface area contributed by atoms with Crippen molar-refractivity contribution in [1.82, 2.24) is 0 Å². The molecule has 0 aliphatic rings. The van der Waals surface area contributed by atoms with Gasteiger partial charge in [-0.15, -0.1) is 0 Å². The van der Waals surface area contributed by atoms with Crippen LogP contribution < -0.4 is 0 Å². The SMILES string of the molecule is CC/C=C\C/C=C\C/C=C\C/C=C\CCCCCCCCC(=O)OC(COC(=O)CCCCCCCC)COC(=O)CCCCCCCCCCC/C=C\CCCCCCCCCC. The minimum absolute atomic E-state index is 0.0802. The van der Waals surface area contributed by atoms with E-state index in [9.17, 15) is 14.4 Å². The lowest BCUT2D eigenvalue weighted by atomic mass is 10.1. The zero-order chi connectivity index (χ0) is 46.5. The molecule has 0 saturated heterocycles. The van der Waals surface area contributed by atoms with Gasteiger partial charge in [-0.1, -0.05) is 229 Å². The third kappa shape index (κ3) is 50.1. The predicted molar refractivity (Wildman–Crippen MR) is 275 cm³/mol. The van der Waals surface area contributed by atoms with Crippen molar-refractivity contribution in [2.24, 2.45) is 0 Å². The summed E-state index contributed by atoms with van der Waals surface area (Å²) in [5, 5.41) is 0. The zero-order valence-corrected chi connectivity index (χ0v) is 42.3. The number of carbonyl (C=O) groups is 3. The van der Waals surface area contributed by atoms with Gasteiger partial charge in [0.15, 0.2) is 6.10 Å². The van der Waals surface area contributed by atoms with Crippen LogP contribution in [0.2, 0.25) is 0 Å². The van der Waals surface area contributed by atoms with E-state index in [1.807, 2.05) is 0 Å². The van der Waals surface area contributed by atoms with Crippen molar-refractivity contribution in [3.8, 4) is 0 Å². The van der Waals surface area contributed by atoms with Crippen molar-refractivity contribution >= 4 is 17.9 Å². The fourth-order valence-electron chi connectivity index (χ4n) is 7.66. The van der Waals surface area contributed by atoms with E-state index in [-0.39, 0.29) is 31.1 Å². The Labute approximate surface area is 396 Å². The minimum atomic E-state index is -0.779. The second-order valence-corrected chi connectivity index (χ2v) is 18.1. The summed E-state index contributed by atoms with van der Waals surface area (Å²) in [6.07, 6.45) is 65.2. The van der Waals surface area contributed by atoms with Crippen LogP contribution in [0.4, 0.5) is 0 Å². The van der Waals surface area contributed by atoms with Crippen LogP contribution in [0.15, 0.2) is 60.8 Å². The lowest BCUT2D eigenvalue weighted by molar-refractivity contribution is -0.167. The summed E-state index contributed by atoms with van der Waals surface area (Å²) in [5.41, 5.74) is 0. The third-order valence-corrected chi connectivity index (χ3v) is 11.8. The molecule has 0 amide bonds. The van der Waals surface area contributed by atoms with Crippen LogP contribution in [0.5, 0.6) is 0 Å². The number of rotatable bonds is 49. The maximum absolute atomic E-state index is 12.8. The third-order valence-electron chi connectivity index (χ3n) is 11.8. The van der Waals surface area contributed by atoms with Gasteiger partial charge in [-0.2, -0.15) is 0 Å². The first kappa shape index (κ1) is 61.1. The summed E-state index contributed by atoms with van der Waals surface area (Å²) in [5.74, 6) is -0.900. The number of hydrogen-bond donors (Lipinski definition) is 0. The van der Waals surface area contributed by atoms with Crippen molar-refractivity contribution in [3.63, 3.8) is 0 Å². The molecule has 0 N–H and O–H groups in total. The smallest absolute Gasteiger partial charge is 0.306 e. The molecule has 1 atom stereocenters. The summed E-state index contributed by atoms with van der Waals surface area (Å²) < 4.78 is 16.7. The van der Waals surface area contributed by atoms with Crippen LogP contribution in [0.1, 0.15) is 271 Å². The van der Waals surface area contributed by atoms with Gasteiger partial charge < -0.3 is 14.2 Å². The molecule has 0 aliphatic carbocycles. The highest BCUT2D eigenvalue weighted by Gasteiger charge is 2.19. The van der Waals surface area contributed by atoms with Gasteiger partial charge in [0.05, 0.1) is 0 Å². The Morgan fingerprint density at radius 1 is 0.328 bits per heavy atom. The topological polar surface area (TPSA) is 78.9 Å².